The topological polar surface area (TPSA) is 58.6 Å². The first-order valence-corrected chi connectivity index (χ1v) is 11.4. The summed E-state index contributed by atoms with van der Waals surface area (Å²) in [5, 5.41) is 3.93. The van der Waals surface area contributed by atoms with Gasteiger partial charge in [-0.25, -0.2) is 0 Å². The fourth-order valence-corrected chi connectivity index (χ4v) is 3.76. The molecule has 2 amide bonds. The Labute approximate surface area is 201 Å². The minimum Gasteiger partial charge on any atom is -0.483 e. The molecular formula is C25H32Cl2N2O3. The van der Waals surface area contributed by atoms with Crippen molar-refractivity contribution in [2.75, 3.05) is 6.61 Å². The maximum absolute atomic E-state index is 13.3. The van der Waals surface area contributed by atoms with Crippen LogP contribution in [0.3, 0.4) is 0 Å². The molecule has 2 rings (SSSR count). The molecule has 2 aromatic carbocycles. The van der Waals surface area contributed by atoms with Crippen LogP contribution >= 0.6 is 23.2 Å². The van der Waals surface area contributed by atoms with Gasteiger partial charge in [0.25, 0.3) is 5.91 Å². The summed E-state index contributed by atoms with van der Waals surface area (Å²) in [7, 11) is 0. The van der Waals surface area contributed by atoms with Crippen molar-refractivity contribution in [1.29, 1.82) is 0 Å². The normalized spacial score (nSPS) is 12.2. The molecule has 0 bridgehead atoms. The van der Waals surface area contributed by atoms with Gasteiger partial charge in [0.15, 0.2) is 6.61 Å². The van der Waals surface area contributed by atoms with Crippen molar-refractivity contribution in [2.45, 2.75) is 66.1 Å². The molecule has 0 fully saturated rings. The van der Waals surface area contributed by atoms with Gasteiger partial charge in [0.1, 0.15) is 11.8 Å². The first kappa shape index (κ1) is 26.0. The highest BCUT2D eigenvalue weighted by Gasteiger charge is 2.31. The van der Waals surface area contributed by atoms with E-state index in [2.05, 4.69) is 5.32 Å². The number of nitrogens with one attached hydrogen (secondary N) is 1. The molecule has 1 atom stereocenters. The van der Waals surface area contributed by atoms with Gasteiger partial charge in [-0.1, -0.05) is 48.3 Å². The second-order valence-corrected chi connectivity index (χ2v) is 9.82. The molecule has 0 saturated carbocycles. The van der Waals surface area contributed by atoms with E-state index in [-0.39, 0.29) is 25.0 Å². The molecule has 0 saturated heterocycles. The zero-order chi connectivity index (χ0) is 24.1. The van der Waals surface area contributed by atoms with Crippen LogP contribution in [0.15, 0.2) is 36.4 Å². The Bertz CT molecular complexity index is 970. The Morgan fingerprint density at radius 3 is 2.38 bits per heavy atom. The second kappa shape index (κ2) is 11.1. The number of ether oxygens (including phenoxy) is 1. The molecule has 0 aliphatic rings. The van der Waals surface area contributed by atoms with Gasteiger partial charge in [0.2, 0.25) is 5.91 Å². The van der Waals surface area contributed by atoms with Crippen LogP contribution in [0.4, 0.5) is 0 Å². The third-order valence-electron chi connectivity index (χ3n) is 4.93. The number of amides is 2. The second-order valence-electron chi connectivity index (χ2n) is 8.98. The number of halogens is 2. The summed E-state index contributed by atoms with van der Waals surface area (Å²) >= 11 is 12.4. The summed E-state index contributed by atoms with van der Waals surface area (Å²) in [6.07, 6.45) is 0.447. The van der Waals surface area contributed by atoms with Crippen molar-refractivity contribution in [2.24, 2.45) is 0 Å². The number of carbonyl (C=O) groups excluding carboxylic acids is 2. The number of aryl methyl sites for hydroxylation is 2. The van der Waals surface area contributed by atoms with Gasteiger partial charge in [0.05, 0.1) is 0 Å². The molecule has 2 aromatic rings. The summed E-state index contributed by atoms with van der Waals surface area (Å²) < 4.78 is 5.85. The standard InChI is InChI=1S/C25H32Cl2N2O3/c1-7-21(24(31)28-25(4,5)6)29(14-18-10-11-19(26)13-20(18)27)23(30)15-32-22-12-16(2)8-9-17(22)3/h8-13,21H,7,14-15H2,1-6H3,(H,28,31)/t21-/m1/s1. The van der Waals surface area contributed by atoms with E-state index in [1.807, 2.05) is 59.7 Å². The monoisotopic (exact) mass is 478 g/mol. The van der Waals surface area contributed by atoms with Gasteiger partial charge >= 0.3 is 0 Å². The number of carbonyl (C=O) groups is 2. The van der Waals surface area contributed by atoms with E-state index in [1.54, 1.807) is 18.2 Å². The van der Waals surface area contributed by atoms with E-state index in [1.165, 1.54) is 4.90 Å². The van der Waals surface area contributed by atoms with Crippen LogP contribution in [0.25, 0.3) is 0 Å². The molecule has 0 spiro atoms. The Hall–Kier alpha value is -2.24. The molecule has 1 N–H and O–H groups in total. The van der Waals surface area contributed by atoms with Crippen LogP contribution in [0.1, 0.15) is 50.8 Å². The molecule has 5 nitrogen and oxygen atoms in total. The number of rotatable bonds is 8. The highest BCUT2D eigenvalue weighted by atomic mass is 35.5. The number of nitrogens with zero attached hydrogens (tertiary/aromatic N) is 1. The van der Waals surface area contributed by atoms with Crippen LogP contribution < -0.4 is 10.1 Å². The van der Waals surface area contributed by atoms with Gasteiger partial charge in [-0.15, -0.1) is 0 Å². The molecular weight excluding hydrogens is 447 g/mol. The van der Waals surface area contributed by atoms with Crippen molar-refractivity contribution in [3.8, 4) is 5.75 Å². The number of benzene rings is 2. The van der Waals surface area contributed by atoms with Gasteiger partial charge < -0.3 is 15.0 Å². The lowest BCUT2D eigenvalue weighted by atomic mass is 10.1. The third-order valence-corrected chi connectivity index (χ3v) is 5.52. The lowest BCUT2D eigenvalue weighted by Gasteiger charge is -2.33. The van der Waals surface area contributed by atoms with E-state index in [0.717, 1.165) is 11.1 Å². The maximum Gasteiger partial charge on any atom is 0.261 e. The Morgan fingerprint density at radius 1 is 1.09 bits per heavy atom. The lowest BCUT2D eigenvalue weighted by Crippen LogP contribution is -2.54. The van der Waals surface area contributed by atoms with Crippen LogP contribution in [0, 0.1) is 13.8 Å². The Kier molecular flexibility index (Phi) is 8.99. The van der Waals surface area contributed by atoms with Crippen molar-refractivity contribution in [3.63, 3.8) is 0 Å². The SMILES string of the molecule is CC[C@H](C(=O)NC(C)(C)C)N(Cc1ccc(Cl)cc1Cl)C(=O)COc1cc(C)ccc1C. The van der Waals surface area contributed by atoms with Crippen molar-refractivity contribution >= 4 is 35.0 Å². The molecule has 0 aromatic heterocycles. The van der Waals surface area contributed by atoms with E-state index >= 15 is 0 Å². The Morgan fingerprint density at radius 2 is 1.78 bits per heavy atom. The highest BCUT2D eigenvalue weighted by Crippen LogP contribution is 2.24. The van der Waals surface area contributed by atoms with Crippen LogP contribution in [-0.4, -0.2) is 34.9 Å². The van der Waals surface area contributed by atoms with E-state index in [9.17, 15) is 9.59 Å². The maximum atomic E-state index is 13.3. The third kappa shape index (κ3) is 7.42. The van der Waals surface area contributed by atoms with Crippen LogP contribution in [0.2, 0.25) is 10.0 Å². The highest BCUT2D eigenvalue weighted by molar-refractivity contribution is 6.35. The quantitative estimate of drug-likeness (QED) is 0.528. The predicted molar refractivity (Wildman–Crippen MR) is 130 cm³/mol. The van der Waals surface area contributed by atoms with Gasteiger partial charge in [-0.3, -0.25) is 9.59 Å². The van der Waals surface area contributed by atoms with E-state index < -0.39 is 11.6 Å². The Balaban J connectivity index is 2.31. The zero-order valence-electron chi connectivity index (χ0n) is 19.6. The summed E-state index contributed by atoms with van der Waals surface area (Å²) in [5.41, 5.74) is 2.26. The zero-order valence-corrected chi connectivity index (χ0v) is 21.1. The fourth-order valence-electron chi connectivity index (χ4n) is 3.29. The summed E-state index contributed by atoms with van der Waals surface area (Å²) in [5.74, 6) is 0.132. The van der Waals surface area contributed by atoms with Crippen molar-refractivity contribution in [3.05, 3.63) is 63.1 Å². The average molecular weight is 479 g/mol. The average Bonchev–Trinajstić information content (AvgIpc) is 2.68. The molecule has 7 heteroatoms. The van der Waals surface area contributed by atoms with Crippen molar-refractivity contribution in [1.82, 2.24) is 10.2 Å². The molecule has 0 aliphatic carbocycles. The van der Waals surface area contributed by atoms with Gasteiger partial charge in [0, 0.05) is 22.1 Å². The molecule has 0 radical (unpaired) electrons. The fraction of sp³-hybridized carbons (Fsp3) is 0.440. The lowest BCUT2D eigenvalue weighted by molar-refractivity contribution is -0.143. The first-order valence-electron chi connectivity index (χ1n) is 10.7. The molecule has 0 aliphatic heterocycles. The molecule has 174 valence electrons. The van der Waals surface area contributed by atoms with Crippen LogP contribution in [-0.2, 0) is 16.1 Å². The van der Waals surface area contributed by atoms with Crippen LogP contribution in [0.5, 0.6) is 5.75 Å². The van der Waals surface area contributed by atoms with E-state index in [4.69, 9.17) is 27.9 Å². The minimum absolute atomic E-state index is 0.168. The molecule has 0 unspecified atom stereocenters. The summed E-state index contributed by atoms with van der Waals surface area (Å²) in [6.45, 7) is 11.5. The summed E-state index contributed by atoms with van der Waals surface area (Å²) in [4.78, 5) is 27.9. The summed E-state index contributed by atoms with van der Waals surface area (Å²) in [6, 6.07) is 10.3. The first-order chi connectivity index (χ1) is 14.9. The number of hydrogen-bond donors (Lipinski definition) is 1. The largest absolute Gasteiger partial charge is 0.483 e. The minimum atomic E-state index is -0.671. The molecule has 0 heterocycles. The van der Waals surface area contributed by atoms with Crippen molar-refractivity contribution < 1.29 is 14.3 Å². The smallest absolute Gasteiger partial charge is 0.261 e. The number of hydrogen-bond acceptors (Lipinski definition) is 3. The molecule has 32 heavy (non-hydrogen) atoms. The van der Waals surface area contributed by atoms with E-state index in [0.29, 0.717) is 27.8 Å². The van der Waals surface area contributed by atoms with Gasteiger partial charge in [-0.2, -0.15) is 0 Å². The predicted octanol–water partition coefficient (Wildman–Crippen LogP) is 5.71. The van der Waals surface area contributed by atoms with Gasteiger partial charge in [-0.05, 0) is 75.9 Å².